The number of nitriles is 1. The first-order valence-corrected chi connectivity index (χ1v) is 13.7. The Balaban J connectivity index is 1.10. The lowest BCUT2D eigenvalue weighted by molar-refractivity contribution is -0.274. The molecule has 39 heavy (non-hydrogen) atoms. The van der Waals surface area contributed by atoms with Crippen LogP contribution >= 0.6 is 0 Å². The van der Waals surface area contributed by atoms with Crippen molar-refractivity contribution in [1.29, 1.82) is 5.26 Å². The summed E-state index contributed by atoms with van der Waals surface area (Å²) in [5, 5.41) is 12.7. The summed E-state index contributed by atoms with van der Waals surface area (Å²) in [4.78, 5) is 6.97. The molecule has 2 heterocycles. The van der Waals surface area contributed by atoms with Crippen molar-refractivity contribution in [2.45, 2.75) is 63.4 Å². The molecule has 2 aliphatic carbocycles. The second-order valence-corrected chi connectivity index (χ2v) is 11.1. The van der Waals surface area contributed by atoms with Crippen LogP contribution < -0.4 is 15.0 Å². The van der Waals surface area contributed by atoms with Gasteiger partial charge in [-0.25, -0.2) is 4.98 Å². The highest BCUT2D eigenvalue weighted by molar-refractivity contribution is 5.58. The van der Waals surface area contributed by atoms with Crippen LogP contribution in [0.3, 0.4) is 0 Å². The molecule has 6 nitrogen and oxygen atoms in total. The third kappa shape index (κ3) is 5.70. The summed E-state index contributed by atoms with van der Waals surface area (Å²) in [6.45, 7) is 1.10. The average Bonchev–Trinajstić information content (AvgIpc) is 3.66. The largest absolute Gasteiger partial charge is 0.573 e. The van der Waals surface area contributed by atoms with Crippen LogP contribution in [-0.2, 0) is 0 Å². The zero-order valence-corrected chi connectivity index (χ0v) is 21.5. The smallest absolute Gasteiger partial charge is 0.424 e. The van der Waals surface area contributed by atoms with Crippen molar-refractivity contribution in [1.82, 2.24) is 4.98 Å². The fourth-order valence-electron chi connectivity index (χ4n) is 6.96. The number of alkyl halides is 3. The molecule has 2 aromatic carbocycles. The van der Waals surface area contributed by atoms with Crippen molar-refractivity contribution in [2.24, 2.45) is 17.8 Å². The van der Waals surface area contributed by atoms with Gasteiger partial charge in [-0.15, -0.1) is 13.2 Å². The van der Waals surface area contributed by atoms with Gasteiger partial charge in [0.05, 0.1) is 17.8 Å². The number of nitrogens with one attached hydrogen (secondary N) is 1. The molecule has 1 aliphatic heterocycles. The van der Waals surface area contributed by atoms with Gasteiger partial charge in [-0.2, -0.15) is 5.26 Å². The van der Waals surface area contributed by atoms with Gasteiger partial charge in [0.2, 0.25) is 0 Å². The van der Waals surface area contributed by atoms with E-state index < -0.39 is 6.36 Å². The highest BCUT2D eigenvalue weighted by Crippen LogP contribution is 2.48. The van der Waals surface area contributed by atoms with E-state index in [-0.39, 0.29) is 11.8 Å². The van der Waals surface area contributed by atoms with Crippen molar-refractivity contribution in [2.75, 3.05) is 16.8 Å². The monoisotopic (exact) mass is 536 g/mol. The number of oxazole rings is 1. The topological polar surface area (TPSA) is 74.3 Å². The summed E-state index contributed by atoms with van der Waals surface area (Å²) in [5.74, 6) is 2.12. The zero-order chi connectivity index (χ0) is 27.0. The highest BCUT2D eigenvalue weighted by Gasteiger charge is 2.46. The first-order valence-electron chi connectivity index (χ1n) is 13.7. The molecule has 0 amide bonds. The number of aromatic nitrogens is 1. The fraction of sp³-hybridized carbons (Fsp3) is 0.467. The number of nitrogens with zero attached hydrogens (tertiary/aromatic N) is 3. The number of rotatable bonds is 7. The highest BCUT2D eigenvalue weighted by atomic mass is 19.4. The van der Waals surface area contributed by atoms with Gasteiger partial charge in [0.15, 0.2) is 5.76 Å². The molecule has 3 aromatic rings. The molecule has 2 saturated carbocycles. The maximum absolute atomic E-state index is 12.4. The van der Waals surface area contributed by atoms with Crippen LogP contribution in [0.2, 0.25) is 0 Å². The summed E-state index contributed by atoms with van der Waals surface area (Å²) < 4.78 is 47.2. The third-order valence-corrected chi connectivity index (χ3v) is 8.64. The molecule has 0 radical (unpaired) electrons. The van der Waals surface area contributed by atoms with Crippen LogP contribution in [0.4, 0.5) is 24.9 Å². The minimum Gasteiger partial charge on any atom is -0.424 e. The minimum atomic E-state index is -4.72. The van der Waals surface area contributed by atoms with E-state index in [4.69, 9.17) is 9.68 Å². The first kappa shape index (κ1) is 25.6. The van der Waals surface area contributed by atoms with Crippen molar-refractivity contribution in [3.8, 4) is 23.1 Å². The molecule has 204 valence electrons. The van der Waals surface area contributed by atoms with E-state index in [9.17, 15) is 13.2 Å². The van der Waals surface area contributed by atoms with E-state index in [1.165, 1.54) is 62.1 Å². The molecule has 3 aliphatic rings. The van der Waals surface area contributed by atoms with Crippen LogP contribution in [0.5, 0.6) is 5.75 Å². The minimum absolute atomic E-state index is 0.271. The number of hydrogen-bond donors (Lipinski definition) is 1. The Morgan fingerprint density at radius 1 is 1.03 bits per heavy atom. The van der Waals surface area contributed by atoms with Crippen LogP contribution in [0.15, 0.2) is 59.1 Å². The van der Waals surface area contributed by atoms with Crippen molar-refractivity contribution in [3.63, 3.8) is 0 Å². The Morgan fingerprint density at radius 3 is 2.51 bits per heavy atom. The summed E-state index contributed by atoms with van der Waals surface area (Å²) in [6.07, 6.45) is 5.20. The molecule has 6 rings (SSSR count). The number of halogens is 3. The van der Waals surface area contributed by atoms with Gasteiger partial charge in [0, 0.05) is 29.9 Å². The van der Waals surface area contributed by atoms with Gasteiger partial charge >= 0.3 is 6.36 Å². The Kier molecular flexibility index (Phi) is 6.88. The van der Waals surface area contributed by atoms with E-state index in [1.807, 2.05) is 12.1 Å². The molecule has 3 fully saturated rings. The summed E-state index contributed by atoms with van der Waals surface area (Å²) in [6, 6.07) is 17.1. The molecular weight excluding hydrogens is 505 g/mol. The van der Waals surface area contributed by atoms with Crippen molar-refractivity contribution < 1.29 is 22.3 Å². The average molecular weight is 537 g/mol. The number of ether oxygens (including phenoxy) is 1. The molecule has 0 spiro atoms. The quantitative estimate of drug-likeness (QED) is 0.339. The van der Waals surface area contributed by atoms with Crippen LogP contribution in [-0.4, -0.2) is 30.0 Å². The van der Waals surface area contributed by atoms with E-state index in [1.54, 1.807) is 6.20 Å². The molecule has 0 unspecified atom stereocenters. The number of benzene rings is 2. The van der Waals surface area contributed by atoms with E-state index in [0.717, 1.165) is 25.3 Å². The molecule has 2 bridgehead atoms. The van der Waals surface area contributed by atoms with E-state index >= 15 is 0 Å². The van der Waals surface area contributed by atoms with Gasteiger partial charge in [-0.05, 0) is 98.4 Å². The van der Waals surface area contributed by atoms with Gasteiger partial charge < -0.3 is 19.4 Å². The molecule has 1 N–H and O–H groups in total. The molecule has 1 aromatic heterocycles. The van der Waals surface area contributed by atoms with E-state index in [2.05, 4.69) is 38.1 Å². The summed E-state index contributed by atoms with van der Waals surface area (Å²) in [5.41, 5.74) is 2.54. The van der Waals surface area contributed by atoms with Crippen LogP contribution in [0, 0.1) is 29.1 Å². The first-order chi connectivity index (χ1) is 18.8. The van der Waals surface area contributed by atoms with Gasteiger partial charge in [0.25, 0.3) is 6.01 Å². The lowest BCUT2D eigenvalue weighted by Crippen LogP contribution is -2.41. The zero-order valence-electron chi connectivity index (χ0n) is 21.5. The lowest BCUT2D eigenvalue weighted by atomic mass is 9.77. The second-order valence-electron chi connectivity index (χ2n) is 11.1. The number of piperidine rings is 1. The third-order valence-electron chi connectivity index (χ3n) is 8.64. The summed E-state index contributed by atoms with van der Waals surface area (Å²) in [7, 11) is 0. The van der Waals surface area contributed by atoms with E-state index in [0.29, 0.717) is 40.8 Å². The number of fused-ring (bicyclic) bond motifs is 2. The molecule has 1 saturated heterocycles. The van der Waals surface area contributed by atoms with Gasteiger partial charge in [0.1, 0.15) is 5.75 Å². The summed E-state index contributed by atoms with van der Waals surface area (Å²) >= 11 is 0. The van der Waals surface area contributed by atoms with Crippen molar-refractivity contribution in [3.05, 3.63) is 60.3 Å². The Hall–Kier alpha value is -3.67. The van der Waals surface area contributed by atoms with Crippen LogP contribution in [0.1, 0.15) is 50.5 Å². The lowest BCUT2D eigenvalue weighted by Gasteiger charge is -2.39. The fourth-order valence-corrected chi connectivity index (χ4v) is 6.96. The number of anilines is 2. The Morgan fingerprint density at radius 2 is 1.79 bits per heavy atom. The predicted octanol–water partition coefficient (Wildman–Crippen LogP) is 7.39. The number of hydrogen-bond acceptors (Lipinski definition) is 6. The van der Waals surface area contributed by atoms with Gasteiger partial charge in [-0.3, -0.25) is 0 Å². The standard InChI is InChI=1S/C30H31F3N4O2/c31-30(32,33)39-25-11-7-21(8-12-25)28-17-35-29(38-28)36-26-4-2-1-3-22(26)15-23-13-20-14-27(23)37(18-20)24-9-5-19(16-34)6-10-24/h5-12,17,20,22-23,26-27H,1-4,13-15,18H2,(H,35,36)/t20-,22+,23-,26-,27-/m1/s1. The maximum Gasteiger partial charge on any atom is 0.573 e. The maximum atomic E-state index is 12.4. The Bertz CT molecular complexity index is 1320. The predicted molar refractivity (Wildman–Crippen MR) is 141 cm³/mol. The van der Waals surface area contributed by atoms with Gasteiger partial charge in [-0.1, -0.05) is 12.8 Å². The molecule has 5 atom stereocenters. The second kappa shape index (κ2) is 10.5. The Labute approximate surface area is 225 Å². The molecular formula is C30H31F3N4O2. The SMILES string of the molecule is N#Cc1ccc(N2C[C@@H]3C[C@H](C[C@@H]4CCCC[C@H]4Nc4ncc(-c5ccc(OC(F)(F)F)cc5)o4)[C@H]2C3)cc1. The normalized spacial score (nSPS) is 26.4. The van der Waals surface area contributed by atoms with Crippen LogP contribution in [0.25, 0.3) is 11.3 Å². The van der Waals surface area contributed by atoms with Crippen molar-refractivity contribution >= 4 is 11.7 Å². The molecule has 9 heteroatoms.